The van der Waals surface area contributed by atoms with E-state index < -0.39 is 11.6 Å². The van der Waals surface area contributed by atoms with Gasteiger partial charge in [0.2, 0.25) is 0 Å². The molecule has 1 N–H and O–H groups in total. The van der Waals surface area contributed by atoms with Crippen LogP contribution in [-0.4, -0.2) is 6.54 Å². The quantitative estimate of drug-likeness (QED) is 0.816. The third-order valence-electron chi connectivity index (χ3n) is 2.81. The van der Waals surface area contributed by atoms with Gasteiger partial charge in [-0.05, 0) is 23.8 Å². The summed E-state index contributed by atoms with van der Waals surface area (Å²) in [7, 11) is 0. The molecule has 1 unspecified atom stereocenters. The smallest absolute Gasteiger partial charge is 0.127 e. The van der Waals surface area contributed by atoms with Crippen LogP contribution in [0, 0.1) is 11.6 Å². The summed E-state index contributed by atoms with van der Waals surface area (Å²) in [5.41, 5.74) is 1.30. The van der Waals surface area contributed by atoms with Gasteiger partial charge in [-0.15, -0.1) is 11.6 Å². The molecule has 0 heterocycles. The Morgan fingerprint density at radius 2 is 1.79 bits per heavy atom. The number of hydrogen-bond acceptors (Lipinski definition) is 1. The SMILES string of the molecule is Fc1ccc(F)c(CNCC(Cl)c2ccccc2)c1. The highest BCUT2D eigenvalue weighted by Gasteiger charge is 2.08. The number of alkyl halides is 1. The average molecular weight is 282 g/mol. The van der Waals surface area contributed by atoms with Gasteiger partial charge < -0.3 is 5.32 Å². The van der Waals surface area contributed by atoms with E-state index in [2.05, 4.69) is 5.32 Å². The summed E-state index contributed by atoms with van der Waals surface area (Å²) in [5, 5.41) is 2.83. The topological polar surface area (TPSA) is 12.0 Å². The van der Waals surface area contributed by atoms with Crippen LogP contribution in [0.25, 0.3) is 0 Å². The van der Waals surface area contributed by atoms with Crippen molar-refractivity contribution in [2.75, 3.05) is 6.54 Å². The van der Waals surface area contributed by atoms with Gasteiger partial charge >= 0.3 is 0 Å². The van der Waals surface area contributed by atoms with Gasteiger partial charge in [0.05, 0.1) is 5.38 Å². The first kappa shape index (κ1) is 14.0. The summed E-state index contributed by atoms with van der Waals surface area (Å²) >= 11 is 6.21. The predicted octanol–water partition coefficient (Wildman–Crippen LogP) is 4.03. The van der Waals surface area contributed by atoms with Crippen LogP contribution in [0.5, 0.6) is 0 Å². The molecule has 1 nitrogen and oxygen atoms in total. The van der Waals surface area contributed by atoms with Crippen LogP contribution in [0.2, 0.25) is 0 Å². The van der Waals surface area contributed by atoms with E-state index in [4.69, 9.17) is 11.6 Å². The van der Waals surface area contributed by atoms with E-state index in [1.165, 1.54) is 6.07 Å². The van der Waals surface area contributed by atoms with Crippen molar-refractivity contribution in [3.63, 3.8) is 0 Å². The molecule has 100 valence electrons. The second-order valence-corrected chi connectivity index (χ2v) is 4.77. The van der Waals surface area contributed by atoms with E-state index in [0.717, 1.165) is 17.7 Å². The zero-order valence-corrected chi connectivity index (χ0v) is 11.0. The average Bonchev–Trinajstić information content (AvgIpc) is 2.43. The van der Waals surface area contributed by atoms with Crippen LogP contribution in [0.4, 0.5) is 8.78 Å². The number of benzene rings is 2. The number of rotatable bonds is 5. The van der Waals surface area contributed by atoms with Gasteiger partial charge in [-0.2, -0.15) is 0 Å². The minimum Gasteiger partial charge on any atom is -0.311 e. The Morgan fingerprint density at radius 3 is 2.53 bits per heavy atom. The fourth-order valence-electron chi connectivity index (χ4n) is 1.79. The lowest BCUT2D eigenvalue weighted by atomic mass is 10.1. The molecule has 0 aliphatic rings. The van der Waals surface area contributed by atoms with E-state index in [9.17, 15) is 8.78 Å². The van der Waals surface area contributed by atoms with Gasteiger partial charge in [0, 0.05) is 18.7 Å². The first-order valence-corrected chi connectivity index (χ1v) is 6.44. The van der Waals surface area contributed by atoms with Crippen molar-refractivity contribution in [2.24, 2.45) is 0 Å². The van der Waals surface area contributed by atoms with E-state index in [-0.39, 0.29) is 11.9 Å². The van der Waals surface area contributed by atoms with Crippen molar-refractivity contribution in [2.45, 2.75) is 11.9 Å². The molecule has 1 atom stereocenters. The zero-order valence-electron chi connectivity index (χ0n) is 10.2. The molecule has 4 heteroatoms. The highest BCUT2D eigenvalue weighted by molar-refractivity contribution is 6.21. The fourth-order valence-corrected chi connectivity index (χ4v) is 2.05. The number of nitrogens with one attached hydrogen (secondary N) is 1. The number of halogens is 3. The molecule has 0 spiro atoms. The fraction of sp³-hybridized carbons (Fsp3) is 0.200. The monoisotopic (exact) mass is 281 g/mol. The normalized spacial score (nSPS) is 12.4. The molecule has 19 heavy (non-hydrogen) atoms. The lowest BCUT2D eigenvalue weighted by Gasteiger charge is -2.11. The summed E-state index contributed by atoms with van der Waals surface area (Å²) in [5.74, 6) is -0.858. The summed E-state index contributed by atoms with van der Waals surface area (Å²) in [4.78, 5) is 0. The molecular weight excluding hydrogens is 268 g/mol. The molecule has 2 rings (SSSR count). The Hall–Kier alpha value is -1.45. The lowest BCUT2D eigenvalue weighted by Crippen LogP contribution is -2.19. The molecule has 0 aromatic heterocycles. The maximum atomic E-state index is 13.4. The van der Waals surface area contributed by atoms with E-state index in [1.54, 1.807) is 0 Å². The van der Waals surface area contributed by atoms with Crippen LogP contribution in [0.3, 0.4) is 0 Å². The molecule has 0 saturated carbocycles. The first-order chi connectivity index (χ1) is 9.16. The molecule has 0 amide bonds. The lowest BCUT2D eigenvalue weighted by molar-refractivity contribution is 0.567. The van der Waals surface area contributed by atoms with E-state index >= 15 is 0 Å². The van der Waals surface area contributed by atoms with Gasteiger partial charge in [0.15, 0.2) is 0 Å². The highest BCUT2D eigenvalue weighted by atomic mass is 35.5. The van der Waals surface area contributed by atoms with Crippen LogP contribution in [0.15, 0.2) is 48.5 Å². The predicted molar refractivity (Wildman–Crippen MR) is 73.1 cm³/mol. The van der Waals surface area contributed by atoms with Crippen molar-refractivity contribution in [3.05, 3.63) is 71.3 Å². The maximum Gasteiger partial charge on any atom is 0.127 e. The van der Waals surface area contributed by atoms with Crippen molar-refractivity contribution in [1.82, 2.24) is 5.32 Å². The summed E-state index contributed by atoms with van der Waals surface area (Å²) in [6.07, 6.45) is 0. The minimum absolute atomic E-state index is 0.196. The first-order valence-electron chi connectivity index (χ1n) is 6.00. The molecule has 0 aliphatic heterocycles. The number of hydrogen-bond donors (Lipinski definition) is 1. The second-order valence-electron chi connectivity index (χ2n) is 4.24. The molecule has 0 bridgehead atoms. The van der Waals surface area contributed by atoms with Crippen molar-refractivity contribution in [3.8, 4) is 0 Å². The van der Waals surface area contributed by atoms with Crippen molar-refractivity contribution < 1.29 is 8.78 Å². The molecule has 0 fully saturated rings. The van der Waals surface area contributed by atoms with Crippen molar-refractivity contribution in [1.29, 1.82) is 0 Å². The summed E-state index contributed by atoms with van der Waals surface area (Å²) in [6.45, 7) is 0.737. The molecule has 0 saturated heterocycles. The van der Waals surface area contributed by atoms with Crippen LogP contribution < -0.4 is 5.32 Å². The van der Waals surface area contributed by atoms with E-state index in [1.807, 2.05) is 30.3 Å². The van der Waals surface area contributed by atoms with Crippen LogP contribution in [0.1, 0.15) is 16.5 Å². The molecular formula is C15H14ClF2N. The van der Waals surface area contributed by atoms with Gasteiger partial charge in [-0.25, -0.2) is 8.78 Å². The Balaban J connectivity index is 1.88. The zero-order chi connectivity index (χ0) is 13.7. The Labute approximate surface area is 116 Å². The van der Waals surface area contributed by atoms with Gasteiger partial charge in [-0.3, -0.25) is 0 Å². The third kappa shape index (κ3) is 4.01. The highest BCUT2D eigenvalue weighted by Crippen LogP contribution is 2.19. The molecule has 0 aliphatic carbocycles. The third-order valence-corrected chi connectivity index (χ3v) is 3.21. The van der Waals surface area contributed by atoms with Gasteiger partial charge in [0.25, 0.3) is 0 Å². The Kier molecular flexibility index (Phi) is 4.88. The standard InChI is InChI=1S/C15H14ClF2N/c16-14(11-4-2-1-3-5-11)10-19-9-12-8-13(17)6-7-15(12)18/h1-8,14,19H,9-10H2. The Bertz CT molecular complexity index is 531. The van der Waals surface area contributed by atoms with E-state index in [0.29, 0.717) is 12.1 Å². The molecule has 2 aromatic carbocycles. The minimum atomic E-state index is -0.441. The van der Waals surface area contributed by atoms with Gasteiger partial charge in [0.1, 0.15) is 11.6 Å². The van der Waals surface area contributed by atoms with Crippen LogP contribution in [-0.2, 0) is 6.54 Å². The summed E-state index contributed by atoms with van der Waals surface area (Å²) < 4.78 is 26.4. The van der Waals surface area contributed by atoms with Gasteiger partial charge in [-0.1, -0.05) is 30.3 Å². The summed E-state index contributed by atoms with van der Waals surface area (Å²) in [6, 6.07) is 13.0. The van der Waals surface area contributed by atoms with Crippen molar-refractivity contribution >= 4 is 11.6 Å². The largest absolute Gasteiger partial charge is 0.311 e. The maximum absolute atomic E-state index is 13.4. The second kappa shape index (κ2) is 6.64. The molecule has 0 radical (unpaired) electrons. The Morgan fingerprint density at radius 1 is 1.05 bits per heavy atom. The molecule has 2 aromatic rings. The van der Waals surface area contributed by atoms with Crippen LogP contribution >= 0.6 is 11.6 Å².